The molecule has 0 spiro atoms. The van der Waals surface area contributed by atoms with Crippen LogP contribution in [0.15, 0.2) is 134 Å². The summed E-state index contributed by atoms with van der Waals surface area (Å²) >= 11 is 0. The third-order valence-corrected chi connectivity index (χ3v) is 11.8. The summed E-state index contributed by atoms with van der Waals surface area (Å²) in [5.41, 5.74) is 1.17. The highest BCUT2D eigenvalue weighted by atomic mass is 16.6. The monoisotopic (exact) mass is 953 g/mol. The fourth-order valence-electron chi connectivity index (χ4n) is 7.73. The van der Waals surface area contributed by atoms with Gasteiger partial charge in [0.1, 0.15) is 34.5 Å². The van der Waals surface area contributed by atoms with Crippen LogP contribution in [-0.2, 0) is 0 Å². The van der Waals surface area contributed by atoms with Gasteiger partial charge in [0.2, 0.25) is 0 Å². The SMILES string of the molecule is C=CCCCCCCCCOc1ccc(C(=O)Oc2ccc(C(=O)Oc3cccc(OC(=O)c4ccc(OC(=O)c5ccc(OCCCCCCCCCCCCCCCC)cc5)cc4)c3)cc2)cc1. The third kappa shape index (κ3) is 20.9. The highest BCUT2D eigenvalue weighted by molar-refractivity contribution is 5.94. The zero-order valence-corrected chi connectivity index (χ0v) is 41.2. The first-order valence-electron chi connectivity index (χ1n) is 25.6. The number of rotatable bonds is 34. The fourth-order valence-corrected chi connectivity index (χ4v) is 7.73. The van der Waals surface area contributed by atoms with Gasteiger partial charge in [0.05, 0.1) is 35.5 Å². The average molecular weight is 953 g/mol. The largest absolute Gasteiger partial charge is 0.494 e. The minimum absolute atomic E-state index is 0.153. The van der Waals surface area contributed by atoms with Crippen molar-refractivity contribution in [2.45, 2.75) is 142 Å². The topological polar surface area (TPSA) is 124 Å². The third-order valence-electron chi connectivity index (χ3n) is 11.8. The number of ether oxygens (including phenoxy) is 6. The fraction of sp³-hybridized carbons (Fsp3) is 0.400. The second kappa shape index (κ2) is 32.2. The lowest BCUT2D eigenvalue weighted by molar-refractivity contribution is 0.0723. The van der Waals surface area contributed by atoms with E-state index in [1.54, 1.807) is 66.7 Å². The van der Waals surface area contributed by atoms with Crippen LogP contribution in [0.5, 0.6) is 34.5 Å². The summed E-state index contributed by atoms with van der Waals surface area (Å²) in [5.74, 6) is -0.184. The van der Waals surface area contributed by atoms with E-state index in [2.05, 4.69) is 13.5 Å². The Morgan fingerprint density at radius 3 is 0.971 bits per heavy atom. The van der Waals surface area contributed by atoms with Crippen molar-refractivity contribution < 1.29 is 47.6 Å². The lowest BCUT2D eigenvalue weighted by atomic mass is 10.0. The Kier molecular flexibility index (Phi) is 25.0. The van der Waals surface area contributed by atoms with Gasteiger partial charge in [0.25, 0.3) is 0 Å². The van der Waals surface area contributed by atoms with Gasteiger partial charge in [0, 0.05) is 6.07 Å². The van der Waals surface area contributed by atoms with E-state index in [-0.39, 0.29) is 34.1 Å². The van der Waals surface area contributed by atoms with Crippen LogP contribution >= 0.6 is 0 Å². The van der Waals surface area contributed by atoms with Crippen LogP contribution in [0.2, 0.25) is 0 Å². The summed E-state index contributed by atoms with van der Waals surface area (Å²) in [5, 5.41) is 0. The van der Waals surface area contributed by atoms with Crippen molar-refractivity contribution in [2.24, 2.45) is 0 Å². The lowest BCUT2D eigenvalue weighted by Crippen LogP contribution is -2.11. The molecule has 0 heterocycles. The number of hydrogen-bond acceptors (Lipinski definition) is 10. The van der Waals surface area contributed by atoms with Gasteiger partial charge in [-0.15, -0.1) is 6.58 Å². The van der Waals surface area contributed by atoms with Crippen molar-refractivity contribution >= 4 is 23.9 Å². The molecule has 0 aliphatic heterocycles. The Balaban J connectivity index is 0.955. The van der Waals surface area contributed by atoms with Crippen LogP contribution in [0.25, 0.3) is 0 Å². The number of carbonyl (C=O) groups excluding carboxylic acids is 4. The van der Waals surface area contributed by atoms with Gasteiger partial charge in [-0.2, -0.15) is 0 Å². The minimum Gasteiger partial charge on any atom is -0.494 e. The van der Waals surface area contributed by atoms with Gasteiger partial charge < -0.3 is 28.4 Å². The maximum absolute atomic E-state index is 13.0. The molecular formula is C60H72O10. The summed E-state index contributed by atoms with van der Waals surface area (Å²) in [6, 6.07) is 31.8. The summed E-state index contributed by atoms with van der Waals surface area (Å²) in [6.45, 7) is 7.28. The number of allylic oxidation sites excluding steroid dienone is 1. The van der Waals surface area contributed by atoms with Crippen molar-refractivity contribution in [1.29, 1.82) is 0 Å². The average Bonchev–Trinajstić information content (AvgIpc) is 3.38. The Hall–Kier alpha value is -6.68. The second-order valence-electron chi connectivity index (χ2n) is 17.6. The summed E-state index contributed by atoms with van der Waals surface area (Å²) in [7, 11) is 0. The van der Waals surface area contributed by atoms with Crippen molar-refractivity contribution in [1.82, 2.24) is 0 Å². The number of benzene rings is 5. The molecule has 0 N–H and O–H groups in total. The van der Waals surface area contributed by atoms with Crippen molar-refractivity contribution in [3.63, 3.8) is 0 Å². The van der Waals surface area contributed by atoms with Crippen LogP contribution in [0, 0.1) is 0 Å². The predicted octanol–water partition coefficient (Wildman–Crippen LogP) is 15.7. The van der Waals surface area contributed by atoms with Gasteiger partial charge in [-0.25, -0.2) is 19.2 Å². The number of carbonyl (C=O) groups is 4. The smallest absolute Gasteiger partial charge is 0.343 e. The molecule has 0 fully saturated rings. The second-order valence-corrected chi connectivity index (χ2v) is 17.6. The molecule has 372 valence electrons. The van der Waals surface area contributed by atoms with Crippen molar-refractivity contribution in [3.05, 3.63) is 156 Å². The van der Waals surface area contributed by atoms with Crippen LogP contribution in [0.4, 0.5) is 0 Å². The molecule has 5 aromatic rings. The van der Waals surface area contributed by atoms with Gasteiger partial charge in [-0.1, -0.05) is 128 Å². The molecule has 0 aliphatic rings. The number of esters is 4. The molecule has 10 nitrogen and oxygen atoms in total. The first-order valence-corrected chi connectivity index (χ1v) is 25.6. The first-order chi connectivity index (χ1) is 34.3. The van der Waals surface area contributed by atoms with Crippen LogP contribution in [0.1, 0.15) is 183 Å². The standard InChI is InChI=1S/C60H72O10/c1-3-5-7-9-11-13-14-15-16-17-18-20-22-24-45-66-52-38-30-48(31-39-52)58(62)68-54-42-34-50(35-43-54)60(64)70-56-27-25-26-55(46-56)69-59(63)49-32-40-53(41-33-49)67-57(61)47-28-36-51(37-29-47)65-44-23-21-19-12-10-8-6-4-2/h4,25-43,46H,2-3,5-24,44-45H2,1H3. The molecule has 0 aliphatic carbocycles. The van der Waals surface area contributed by atoms with E-state index in [4.69, 9.17) is 28.4 Å². The van der Waals surface area contributed by atoms with E-state index in [1.807, 2.05) is 6.08 Å². The molecule has 10 heteroatoms. The van der Waals surface area contributed by atoms with Crippen LogP contribution < -0.4 is 28.4 Å². The zero-order chi connectivity index (χ0) is 49.4. The summed E-state index contributed by atoms with van der Waals surface area (Å²) in [6.07, 6.45) is 28.3. The molecule has 0 aromatic heterocycles. The molecule has 0 bridgehead atoms. The maximum Gasteiger partial charge on any atom is 0.343 e. The molecular weight excluding hydrogens is 881 g/mol. The van der Waals surface area contributed by atoms with Crippen LogP contribution in [-0.4, -0.2) is 37.1 Å². The highest BCUT2D eigenvalue weighted by Crippen LogP contribution is 2.25. The molecule has 5 rings (SSSR count). The Morgan fingerprint density at radius 1 is 0.357 bits per heavy atom. The highest BCUT2D eigenvalue weighted by Gasteiger charge is 2.15. The molecule has 0 saturated heterocycles. The molecule has 0 saturated carbocycles. The molecule has 5 aromatic carbocycles. The molecule has 0 atom stereocenters. The van der Waals surface area contributed by atoms with Gasteiger partial charge >= 0.3 is 23.9 Å². The summed E-state index contributed by atoms with van der Waals surface area (Å²) < 4.78 is 33.9. The number of hydrogen-bond donors (Lipinski definition) is 0. The summed E-state index contributed by atoms with van der Waals surface area (Å²) in [4.78, 5) is 51.6. The lowest BCUT2D eigenvalue weighted by Gasteiger charge is -2.09. The molecule has 70 heavy (non-hydrogen) atoms. The van der Waals surface area contributed by atoms with Gasteiger partial charge in [0.15, 0.2) is 0 Å². The van der Waals surface area contributed by atoms with Crippen molar-refractivity contribution in [2.75, 3.05) is 13.2 Å². The van der Waals surface area contributed by atoms with Crippen LogP contribution in [0.3, 0.4) is 0 Å². The predicted molar refractivity (Wildman–Crippen MR) is 276 cm³/mol. The molecule has 0 amide bonds. The Bertz CT molecular complexity index is 2300. The van der Waals surface area contributed by atoms with E-state index in [0.717, 1.165) is 32.1 Å². The van der Waals surface area contributed by atoms with E-state index in [1.165, 1.54) is 157 Å². The van der Waals surface area contributed by atoms with Gasteiger partial charge in [-0.3, -0.25) is 0 Å². The zero-order valence-electron chi connectivity index (χ0n) is 41.2. The van der Waals surface area contributed by atoms with E-state index < -0.39 is 23.9 Å². The van der Waals surface area contributed by atoms with E-state index in [0.29, 0.717) is 35.8 Å². The normalized spacial score (nSPS) is 10.8. The van der Waals surface area contributed by atoms with E-state index in [9.17, 15) is 19.2 Å². The number of unbranched alkanes of at least 4 members (excludes halogenated alkanes) is 19. The van der Waals surface area contributed by atoms with Crippen molar-refractivity contribution in [3.8, 4) is 34.5 Å². The Morgan fingerprint density at radius 2 is 0.643 bits per heavy atom. The molecule has 0 unspecified atom stereocenters. The Labute approximate surface area is 415 Å². The van der Waals surface area contributed by atoms with E-state index >= 15 is 0 Å². The van der Waals surface area contributed by atoms with Gasteiger partial charge in [-0.05, 0) is 135 Å². The minimum atomic E-state index is -0.662. The quantitative estimate of drug-likeness (QED) is 0.0170. The first kappa shape index (κ1) is 54.3. The molecule has 0 radical (unpaired) electrons. The maximum atomic E-state index is 13.0.